The number of hydrogen-bond acceptors (Lipinski definition) is 6. The minimum absolute atomic E-state index is 0.768. The molecule has 1 fully saturated rings. The first-order valence-corrected chi connectivity index (χ1v) is 8.92. The number of aryl methyl sites for hydroxylation is 2. The van der Waals surface area contributed by atoms with Gasteiger partial charge in [-0.2, -0.15) is 5.10 Å². The van der Waals surface area contributed by atoms with Crippen molar-refractivity contribution in [3.05, 3.63) is 59.9 Å². The molecule has 3 aromatic rings. The van der Waals surface area contributed by atoms with E-state index in [2.05, 4.69) is 30.9 Å². The van der Waals surface area contributed by atoms with E-state index < -0.39 is 0 Å². The Morgan fingerprint density at radius 1 is 1.00 bits per heavy atom. The second-order valence-corrected chi connectivity index (χ2v) is 6.66. The number of rotatable bonds is 4. The van der Waals surface area contributed by atoms with Crippen LogP contribution in [0.4, 0.5) is 5.82 Å². The molecule has 3 aromatic heterocycles. The van der Waals surface area contributed by atoms with Gasteiger partial charge in [0, 0.05) is 44.6 Å². The van der Waals surface area contributed by atoms with Gasteiger partial charge in [-0.25, -0.2) is 9.67 Å². The Morgan fingerprint density at radius 2 is 1.81 bits per heavy atom. The molecule has 7 nitrogen and oxygen atoms in total. The van der Waals surface area contributed by atoms with E-state index in [9.17, 15) is 0 Å². The van der Waals surface area contributed by atoms with Crippen molar-refractivity contribution in [2.24, 2.45) is 0 Å². The molecule has 4 rings (SSSR count). The normalized spacial score (nSPS) is 15.4. The van der Waals surface area contributed by atoms with Crippen LogP contribution in [0.1, 0.15) is 17.1 Å². The van der Waals surface area contributed by atoms with Gasteiger partial charge in [-0.05, 0) is 32.0 Å². The van der Waals surface area contributed by atoms with E-state index in [1.54, 1.807) is 6.20 Å². The van der Waals surface area contributed by atoms with Crippen molar-refractivity contribution in [2.75, 3.05) is 31.1 Å². The Bertz CT molecular complexity index is 867. The molecule has 0 N–H and O–H groups in total. The molecule has 0 aliphatic carbocycles. The van der Waals surface area contributed by atoms with Crippen molar-refractivity contribution in [1.82, 2.24) is 29.6 Å². The van der Waals surface area contributed by atoms with Crippen LogP contribution < -0.4 is 4.90 Å². The van der Waals surface area contributed by atoms with Gasteiger partial charge >= 0.3 is 0 Å². The van der Waals surface area contributed by atoms with Crippen LogP contribution in [-0.4, -0.2) is 55.8 Å². The highest BCUT2D eigenvalue weighted by Gasteiger charge is 2.19. The third kappa shape index (κ3) is 3.57. The Kier molecular flexibility index (Phi) is 4.62. The fourth-order valence-electron chi connectivity index (χ4n) is 3.32. The summed E-state index contributed by atoms with van der Waals surface area (Å²) in [5, 5.41) is 4.51. The standard InChI is InChI=1S/C19H23N7/c1-15-11-16(2)26(23-15)19-13-20-12-18(22-19)25-9-7-24(8-10-25)14-17-5-3-4-6-21-17/h3-6,11-13H,7-10,14H2,1-2H3. The molecule has 0 atom stereocenters. The van der Waals surface area contributed by atoms with Crippen LogP contribution in [0.5, 0.6) is 0 Å². The largest absolute Gasteiger partial charge is 0.353 e. The molecule has 0 saturated carbocycles. The zero-order valence-electron chi connectivity index (χ0n) is 15.2. The summed E-state index contributed by atoms with van der Waals surface area (Å²) in [4.78, 5) is 18.3. The van der Waals surface area contributed by atoms with Crippen LogP contribution in [0, 0.1) is 13.8 Å². The lowest BCUT2D eigenvalue weighted by Gasteiger charge is -2.35. The Labute approximate surface area is 153 Å². The minimum Gasteiger partial charge on any atom is -0.353 e. The lowest BCUT2D eigenvalue weighted by atomic mass is 10.2. The topological polar surface area (TPSA) is 63.0 Å². The van der Waals surface area contributed by atoms with Crippen LogP contribution in [0.2, 0.25) is 0 Å². The minimum atomic E-state index is 0.768. The first kappa shape index (κ1) is 16.7. The molecule has 7 heteroatoms. The van der Waals surface area contributed by atoms with Gasteiger partial charge in [0.05, 0.1) is 23.8 Å². The van der Waals surface area contributed by atoms with Crippen LogP contribution in [0.3, 0.4) is 0 Å². The molecule has 1 saturated heterocycles. The number of pyridine rings is 1. The van der Waals surface area contributed by atoms with Crippen molar-refractivity contribution in [2.45, 2.75) is 20.4 Å². The van der Waals surface area contributed by atoms with E-state index in [1.807, 2.05) is 49.1 Å². The fourth-order valence-corrected chi connectivity index (χ4v) is 3.32. The predicted molar refractivity (Wildman–Crippen MR) is 100 cm³/mol. The number of piperazine rings is 1. The number of nitrogens with zero attached hydrogens (tertiary/aromatic N) is 7. The SMILES string of the molecule is Cc1cc(C)n(-c2cncc(N3CCN(Cc4ccccn4)CC3)n2)n1. The summed E-state index contributed by atoms with van der Waals surface area (Å²) in [6.45, 7) is 8.76. The molecule has 26 heavy (non-hydrogen) atoms. The fraction of sp³-hybridized carbons (Fsp3) is 0.368. The van der Waals surface area contributed by atoms with Gasteiger partial charge in [0.25, 0.3) is 0 Å². The van der Waals surface area contributed by atoms with Crippen LogP contribution in [0.15, 0.2) is 42.9 Å². The van der Waals surface area contributed by atoms with Gasteiger partial charge in [-0.1, -0.05) is 6.07 Å². The quantitative estimate of drug-likeness (QED) is 0.718. The monoisotopic (exact) mass is 349 g/mol. The second-order valence-electron chi connectivity index (χ2n) is 6.66. The molecule has 0 amide bonds. The van der Waals surface area contributed by atoms with Gasteiger partial charge in [0.1, 0.15) is 5.82 Å². The highest BCUT2D eigenvalue weighted by Crippen LogP contribution is 2.16. The number of hydrogen-bond donors (Lipinski definition) is 0. The Balaban J connectivity index is 1.43. The summed E-state index contributed by atoms with van der Waals surface area (Å²) in [5.74, 6) is 1.68. The average molecular weight is 349 g/mol. The molecule has 0 aromatic carbocycles. The van der Waals surface area contributed by atoms with Crippen LogP contribution in [0.25, 0.3) is 5.82 Å². The summed E-state index contributed by atoms with van der Waals surface area (Å²) >= 11 is 0. The second kappa shape index (κ2) is 7.21. The first-order chi connectivity index (χ1) is 12.7. The van der Waals surface area contributed by atoms with Crippen molar-refractivity contribution in [3.63, 3.8) is 0 Å². The van der Waals surface area contributed by atoms with Crippen molar-refractivity contribution < 1.29 is 0 Å². The number of anilines is 1. The summed E-state index contributed by atoms with van der Waals surface area (Å²) in [5.41, 5.74) is 3.17. The summed E-state index contributed by atoms with van der Waals surface area (Å²) in [7, 11) is 0. The van der Waals surface area contributed by atoms with Gasteiger partial charge in [-0.15, -0.1) is 0 Å². The van der Waals surface area contributed by atoms with Crippen LogP contribution in [-0.2, 0) is 6.54 Å². The van der Waals surface area contributed by atoms with E-state index in [1.165, 1.54) is 0 Å². The number of aromatic nitrogens is 5. The molecule has 1 aliphatic rings. The van der Waals surface area contributed by atoms with E-state index >= 15 is 0 Å². The molecule has 0 radical (unpaired) electrons. The first-order valence-electron chi connectivity index (χ1n) is 8.92. The molecule has 1 aliphatic heterocycles. The summed E-state index contributed by atoms with van der Waals surface area (Å²) in [6.07, 6.45) is 5.45. The van der Waals surface area contributed by atoms with Crippen molar-refractivity contribution >= 4 is 5.82 Å². The predicted octanol–water partition coefficient (Wildman–Crippen LogP) is 2.00. The average Bonchev–Trinajstić information content (AvgIpc) is 3.01. The van der Waals surface area contributed by atoms with Crippen molar-refractivity contribution in [3.8, 4) is 5.82 Å². The van der Waals surface area contributed by atoms with Crippen molar-refractivity contribution in [1.29, 1.82) is 0 Å². The third-order valence-electron chi connectivity index (χ3n) is 4.64. The highest BCUT2D eigenvalue weighted by molar-refractivity contribution is 5.40. The maximum atomic E-state index is 4.78. The Hall–Kier alpha value is -2.80. The molecule has 134 valence electrons. The third-order valence-corrected chi connectivity index (χ3v) is 4.64. The van der Waals surface area contributed by atoms with Gasteiger partial charge in [-0.3, -0.25) is 14.9 Å². The molecular formula is C19H23N7. The van der Waals surface area contributed by atoms with Crippen LogP contribution >= 0.6 is 0 Å². The maximum Gasteiger partial charge on any atom is 0.174 e. The molecule has 0 unspecified atom stereocenters. The van der Waals surface area contributed by atoms with E-state index in [0.29, 0.717) is 0 Å². The van der Waals surface area contributed by atoms with Gasteiger partial charge < -0.3 is 4.90 Å². The van der Waals surface area contributed by atoms with Gasteiger partial charge in [0.2, 0.25) is 0 Å². The van der Waals surface area contributed by atoms with E-state index in [-0.39, 0.29) is 0 Å². The van der Waals surface area contributed by atoms with E-state index in [0.717, 1.165) is 61.4 Å². The smallest absolute Gasteiger partial charge is 0.174 e. The molecule has 0 spiro atoms. The summed E-state index contributed by atoms with van der Waals surface area (Å²) < 4.78 is 1.85. The molecule has 0 bridgehead atoms. The Morgan fingerprint density at radius 3 is 2.50 bits per heavy atom. The lowest BCUT2D eigenvalue weighted by Crippen LogP contribution is -2.46. The lowest BCUT2D eigenvalue weighted by molar-refractivity contribution is 0.246. The maximum absolute atomic E-state index is 4.78. The van der Waals surface area contributed by atoms with E-state index in [4.69, 9.17) is 4.98 Å². The molecular weight excluding hydrogens is 326 g/mol. The highest BCUT2D eigenvalue weighted by atomic mass is 15.3. The van der Waals surface area contributed by atoms with Gasteiger partial charge in [0.15, 0.2) is 5.82 Å². The zero-order valence-corrected chi connectivity index (χ0v) is 15.2. The molecule has 4 heterocycles. The summed E-state index contributed by atoms with van der Waals surface area (Å²) in [6, 6.07) is 8.12. The zero-order chi connectivity index (χ0) is 17.9.